The third-order valence-corrected chi connectivity index (χ3v) is 5.34. The second kappa shape index (κ2) is 13.7. The van der Waals surface area contributed by atoms with E-state index in [4.69, 9.17) is 27.9 Å². The summed E-state index contributed by atoms with van der Waals surface area (Å²) in [7, 11) is 0.0468. The van der Waals surface area contributed by atoms with E-state index < -0.39 is 0 Å². The van der Waals surface area contributed by atoms with E-state index in [9.17, 15) is 0 Å². The van der Waals surface area contributed by atoms with Gasteiger partial charge in [-0.25, -0.2) is 0 Å². The van der Waals surface area contributed by atoms with Crippen molar-refractivity contribution in [3.05, 3.63) is 0 Å². The maximum absolute atomic E-state index is 5.78. The Labute approximate surface area is 199 Å². The lowest BCUT2D eigenvalue weighted by molar-refractivity contribution is -0.0314. The lowest BCUT2D eigenvalue weighted by Gasteiger charge is -2.39. The Kier molecular flexibility index (Phi) is 12.9. The summed E-state index contributed by atoms with van der Waals surface area (Å²) >= 11 is 0. The van der Waals surface area contributed by atoms with Gasteiger partial charge in [0.05, 0.1) is 5.60 Å². The van der Waals surface area contributed by atoms with Gasteiger partial charge in [-0.2, -0.15) is 0 Å². The molecule has 3 saturated heterocycles. The van der Waals surface area contributed by atoms with Crippen molar-refractivity contribution in [3.8, 4) is 0 Å². The Hall–Kier alpha value is -0.0452. The molecule has 6 nitrogen and oxygen atoms in total. The van der Waals surface area contributed by atoms with E-state index in [-0.39, 0.29) is 32.4 Å². The summed E-state index contributed by atoms with van der Waals surface area (Å²) in [5.74, 6) is 1.39. The average molecular weight is 454 g/mol. The van der Waals surface area contributed by atoms with Gasteiger partial charge in [-0.3, -0.25) is 0 Å². The van der Waals surface area contributed by atoms with Crippen LogP contribution in [0.3, 0.4) is 0 Å². The summed E-state index contributed by atoms with van der Waals surface area (Å²) in [5.41, 5.74) is 0.179. The first-order chi connectivity index (χ1) is 14.7. The molecule has 3 aliphatic heterocycles. The molecular weight excluding hydrogens is 405 g/mol. The highest BCUT2D eigenvalue weighted by Gasteiger charge is 2.38. The van der Waals surface area contributed by atoms with Crippen LogP contribution in [0.15, 0.2) is 0 Å². The van der Waals surface area contributed by atoms with Gasteiger partial charge in [0.25, 0.3) is 0 Å². The number of rotatable bonds is 3. The van der Waals surface area contributed by atoms with E-state index >= 15 is 0 Å². The molecule has 1 unspecified atom stereocenters. The molecule has 0 aromatic carbocycles. The van der Waals surface area contributed by atoms with E-state index in [2.05, 4.69) is 76.2 Å². The molecule has 1 atom stereocenters. The quantitative estimate of drug-likeness (QED) is 0.505. The molecule has 0 aromatic rings. The van der Waals surface area contributed by atoms with Gasteiger partial charge < -0.3 is 27.9 Å². The zero-order chi connectivity index (χ0) is 24.5. The van der Waals surface area contributed by atoms with Crippen LogP contribution in [0.5, 0.6) is 0 Å². The van der Waals surface area contributed by atoms with Crippen molar-refractivity contribution in [1.29, 1.82) is 0 Å². The summed E-state index contributed by atoms with van der Waals surface area (Å²) in [6.45, 7) is 26.7. The molecule has 0 bridgehead atoms. The van der Waals surface area contributed by atoms with Crippen molar-refractivity contribution < 1.29 is 27.9 Å². The van der Waals surface area contributed by atoms with Crippen molar-refractivity contribution in [3.63, 3.8) is 0 Å². The van der Waals surface area contributed by atoms with Gasteiger partial charge in [0.1, 0.15) is 0 Å². The van der Waals surface area contributed by atoms with E-state index in [0.29, 0.717) is 23.6 Å². The van der Waals surface area contributed by atoms with E-state index in [1.165, 1.54) is 0 Å². The summed E-state index contributed by atoms with van der Waals surface area (Å²) in [5, 5.41) is 0. The fourth-order valence-corrected chi connectivity index (χ4v) is 3.63. The van der Waals surface area contributed by atoms with Crippen LogP contribution in [0.2, 0.25) is 17.5 Å². The van der Waals surface area contributed by atoms with E-state index in [1.807, 2.05) is 0 Å². The van der Waals surface area contributed by atoms with Gasteiger partial charge in [-0.15, -0.1) is 0 Å². The minimum Gasteiger partial charge on any atom is -0.411 e. The van der Waals surface area contributed by atoms with Crippen LogP contribution in [-0.2, 0) is 27.9 Å². The van der Waals surface area contributed by atoms with Crippen molar-refractivity contribution in [2.75, 3.05) is 26.4 Å². The van der Waals surface area contributed by atoms with Gasteiger partial charge >= 0.3 is 21.4 Å². The first-order valence-corrected chi connectivity index (χ1v) is 12.5. The maximum atomic E-state index is 5.78. The molecule has 3 rings (SSSR count). The Morgan fingerprint density at radius 2 is 1.12 bits per heavy atom. The van der Waals surface area contributed by atoms with Crippen LogP contribution in [0, 0.1) is 5.41 Å². The molecule has 0 aromatic heterocycles. The number of hydrogen-bond donors (Lipinski definition) is 0. The van der Waals surface area contributed by atoms with Crippen LogP contribution < -0.4 is 0 Å². The molecule has 9 heteroatoms. The minimum absolute atomic E-state index is 0.0167. The fourth-order valence-electron chi connectivity index (χ4n) is 3.63. The fraction of sp³-hybridized carbons (Fsp3) is 1.00. The maximum Gasteiger partial charge on any atom is 0.460 e. The molecule has 0 amide bonds. The van der Waals surface area contributed by atoms with Crippen LogP contribution in [0.1, 0.15) is 89.0 Å². The Morgan fingerprint density at radius 3 is 1.50 bits per heavy atom. The highest BCUT2D eigenvalue weighted by Crippen LogP contribution is 2.29. The number of hydrogen-bond acceptors (Lipinski definition) is 6. The highest BCUT2D eigenvalue weighted by atomic mass is 16.6. The first-order valence-electron chi connectivity index (χ1n) is 12.5. The molecule has 3 aliphatic rings. The predicted molar refractivity (Wildman–Crippen MR) is 135 cm³/mol. The Balaban J connectivity index is 0.000000242. The normalized spacial score (nSPS) is 25.3. The average Bonchev–Trinajstić information content (AvgIpc) is 2.68. The van der Waals surface area contributed by atoms with Crippen LogP contribution in [-0.4, -0.2) is 59.5 Å². The molecule has 0 saturated carbocycles. The van der Waals surface area contributed by atoms with Crippen molar-refractivity contribution in [2.24, 2.45) is 5.41 Å². The van der Waals surface area contributed by atoms with Crippen LogP contribution in [0.25, 0.3) is 0 Å². The predicted octanol–water partition coefficient (Wildman–Crippen LogP) is 5.77. The Bertz CT molecular complexity index is 500. The molecule has 3 fully saturated rings. The third-order valence-electron chi connectivity index (χ3n) is 5.34. The molecule has 0 N–H and O–H groups in total. The molecule has 32 heavy (non-hydrogen) atoms. The topological polar surface area (TPSA) is 55.4 Å². The van der Waals surface area contributed by atoms with Crippen LogP contribution >= 0.6 is 0 Å². The zero-order valence-electron chi connectivity index (χ0n) is 22.7. The second-order valence-corrected chi connectivity index (χ2v) is 11.7. The Morgan fingerprint density at radius 1 is 0.688 bits per heavy atom. The lowest BCUT2D eigenvalue weighted by atomic mass is 9.71. The largest absolute Gasteiger partial charge is 0.460 e. The smallest absolute Gasteiger partial charge is 0.411 e. The summed E-state index contributed by atoms with van der Waals surface area (Å²) in [6.07, 6.45) is 2.35. The first kappa shape index (κ1) is 30.0. The minimum atomic E-state index is -0.0243. The van der Waals surface area contributed by atoms with Crippen molar-refractivity contribution in [1.82, 2.24) is 0 Å². The van der Waals surface area contributed by atoms with E-state index in [0.717, 1.165) is 39.3 Å². The lowest BCUT2D eigenvalue weighted by Crippen LogP contribution is -2.47. The van der Waals surface area contributed by atoms with Gasteiger partial charge in [-0.05, 0) is 51.1 Å². The van der Waals surface area contributed by atoms with Crippen molar-refractivity contribution >= 4 is 21.4 Å². The molecular formula is C23H49B3O6. The molecule has 3 heterocycles. The van der Waals surface area contributed by atoms with Gasteiger partial charge in [0, 0.05) is 37.9 Å². The molecule has 0 spiro atoms. The monoisotopic (exact) mass is 454 g/mol. The summed E-state index contributed by atoms with van der Waals surface area (Å²) < 4.78 is 33.1. The SMILES string of the molecule is CC(C)B1OCC(C)(C)CO1.CC(C)B1OCCCO1.CC1CC(C)(C)OB(C(C)C)O1. The summed E-state index contributed by atoms with van der Waals surface area (Å²) in [6, 6.07) is 0. The van der Waals surface area contributed by atoms with E-state index in [1.54, 1.807) is 0 Å². The van der Waals surface area contributed by atoms with Gasteiger partial charge in [0.15, 0.2) is 0 Å². The third kappa shape index (κ3) is 11.9. The summed E-state index contributed by atoms with van der Waals surface area (Å²) in [4.78, 5) is 0. The molecule has 0 aliphatic carbocycles. The van der Waals surface area contributed by atoms with Gasteiger partial charge in [0.2, 0.25) is 0 Å². The highest BCUT2D eigenvalue weighted by molar-refractivity contribution is 6.47. The molecule has 0 radical (unpaired) electrons. The standard InChI is InChI=1S/C9H19BO2.C8H17BO2.C6H13BO2/c1-7(2)10-11-8(3)6-9(4,5)12-10;1-7(2)9-10-5-8(3,4)6-11-9;1-6(2)7-8-4-3-5-9-7/h7-8H,6H2,1-5H3;7H,5-6H2,1-4H3;6H,3-5H2,1-2H3. The van der Waals surface area contributed by atoms with Gasteiger partial charge in [-0.1, -0.05) is 55.4 Å². The second-order valence-electron chi connectivity index (χ2n) is 11.7. The van der Waals surface area contributed by atoms with Crippen molar-refractivity contribution in [2.45, 2.75) is 118 Å². The zero-order valence-corrected chi connectivity index (χ0v) is 22.7. The van der Waals surface area contributed by atoms with Crippen LogP contribution in [0.4, 0.5) is 0 Å². The molecule has 186 valence electrons.